The molecule has 27 heavy (non-hydrogen) atoms. The maximum absolute atomic E-state index is 4.62. The lowest BCUT2D eigenvalue weighted by molar-refractivity contribution is 0.159. The Bertz CT molecular complexity index is 1020. The van der Waals surface area contributed by atoms with Gasteiger partial charge in [-0.1, -0.05) is 30.3 Å². The average Bonchev–Trinajstić information content (AvgIpc) is 3.38. The molecule has 5 rings (SSSR count). The highest BCUT2D eigenvalue weighted by Gasteiger charge is 2.30. The second-order valence-electron chi connectivity index (χ2n) is 6.77. The van der Waals surface area contributed by atoms with E-state index in [2.05, 4.69) is 67.5 Å². The van der Waals surface area contributed by atoms with Gasteiger partial charge in [0.25, 0.3) is 0 Å². The SMILES string of the molecule is c1ccc(C2c3ccsc3CCN2Cn2nccc2-c2ccncc2)cc1. The predicted octanol–water partition coefficient (Wildman–Crippen LogP) is 4.61. The highest BCUT2D eigenvalue weighted by atomic mass is 32.1. The van der Waals surface area contributed by atoms with Crippen molar-refractivity contribution in [1.29, 1.82) is 0 Å². The number of aromatic nitrogens is 3. The van der Waals surface area contributed by atoms with Gasteiger partial charge < -0.3 is 0 Å². The van der Waals surface area contributed by atoms with Gasteiger partial charge in [-0.05, 0) is 47.2 Å². The van der Waals surface area contributed by atoms with Crippen molar-refractivity contribution in [1.82, 2.24) is 19.7 Å². The highest BCUT2D eigenvalue weighted by Crippen LogP contribution is 2.38. The van der Waals surface area contributed by atoms with Crippen LogP contribution in [0.5, 0.6) is 0 Å². The van der Waals surface area contributed by atoms with Gasteiger partial charge in [-0.15, -0.1) is 11.3 Å². The summed E-state index contributed by atoms with van der Waals surface area (Å²) in [6.45, 7) is 1.79. The molecule has 1 aromatic carbocycles. The molecule has 0 N–H and O–H groups in total. The minimum Gasteiger partial charge on any atom is -0.273 e. The van der Waals surface area contributed by atoms with Gasteiger partial charge in [0.15, 0.2) is 0 Å². The molecule has 134 valence electrons. The summed E-state index contributed by atoms with van der Waals surface area (Å²) >= 11 is 1.88. The normalized spacial score (nSPS) is 17.0. The summed E-state index contributed by atoms with van der Waals surface area (Å²) in [5.74, 6) is 0. The number of nitrogens with zero attached hydrogens (tertiary/aromatic N) is 4. The summed E-state index contributed by atoms with van der Waals surface area (Å²) in [6, 6.07) is 19.5. The lowest BCUT2D eigenvalue weighted by Crippen LogP contribution is -2.37. The van der Waals surface area contributed by atoms with Gasteiger partial charge in [0.1, 0.15) is 0 Å². The Labute approximate surface area is 162 Å². The first kappa shape index (κ1) is 16.4. The summed E-state index contributed by atoms with van der Waals surface area (Å²) in [4.78, 5) is 8.17. The van der Waals surface area contributed by atoms with Crippen molar-refractivity contribution in [3.63, 3.8) is 0 Å². The Hall–Kier alpha value is -2.76. The summed E-state index contributed by atoms with van der Waals surface area (Å²) in [6.07, 6.45) is 6.64. The first-order chi connectivity index (χ1) is 13.4. The summed E-state index contributed by atoms with van der Waals surface area (Å²) in [5, 5.41) is 6.84. The minimum atomic E-state index is 0.274. The van der Waals surface area contributed by atoms with Crippen molar-refractivity contribution < 1.29 is 0 Å². The lowest BCUT2D eigenvalue weighted by atomic mass is 9.94. The number of fused-ring (bicyclic) bond motifs is 1. The first-order valence-corrected chi connectivity index (χ1v) is 10.1. The zero-order valence-electron chi connectivity index (χ0n) is 14.9. The third-order valence-electron chi connectivity index (χ3n) is 5.19. The molecular weight excluding hydrogens is 352 g/mol. The molecule has 3 aromatic heterocycles. The molecule has 0 fully saturated rings. The molecule has 5 heteroatoms. The molecule has 1 atom stereocenters. The number of thiophene rings is 1. The zero-order chi connectivity index (χ0) is 18.1. The number of pyridine rings is 1. The fourth-order valence-electron chi connectivity index (χ4n) is 3.93. The van der Waals surface area contributed by atoms with Gasteiger partial charge >= 0.3 is 0 Å². The van der Waals surface area contributed by atoms with Crippen LogP contribution in [0.2, 0.25) is 0 Å². The first-order valence-electron chi connectivity index (χ1n) is 9.17. The zero-order valence-corrected chi connectivity index (χ0v) is 15.7. The van der Waals surface area contributed by atoms with Crippen LogP contribution in [0.4, 0.5) is 0 Å². The standard InChI is InChI=1S/C22H20N4S/c1-2-4-18(5-3-1)22-19-10-15-27-21(19)9-14-25(22)16-26-20(8-13-24-26)17-6-11-23-12-7-17/h1-8,10-13,15,22H,9,14,16H2. The fraction of sp³-hybridized carbons (Fsp3) is 0.182. The number of benzene rings is 1. The number of rotatable bonds is 4. The summed E-state index contributed by atoms with van der Waals surface area (Å²) in [7, 11) is 0. The van der Waals surface area contributed by atoms with E-state index in [-0.39, 0.29) is 6.04 Å². The predicted molar refractivity (Wildman–Crippen MR) is 108 cm³/mol. The largest absolute Gasteiger partial charge is 0.273 e. The third-order valence-corrected chi connectivity index (χ3v) is 6.19. The van der Waals surface area contributed by atoms with Crippen molar-refractivity contribution in [2.75, 3.05) is 6.54 Å². The quantitative estimate of drug-likeness (QED) is 0.524. The van der Waals surface area contributed by atoms with Crippen molar-refractivity contribution in [2.45, 2.75) is 19.1 Å². The van der Waals surface area contributed by atoms with E-state index in [9.17, 15) is 0 Å². The van der Waals surface area contributed by atoms with Crippen molar-refractivity contribution >= 4 is 11.3 Å². The van der Waals surface area contributed by atoms with Crippen molar-refractivity contribution in [3.05, 3.63) is 94.6 Å². The third kappa shape index (κ3) is 3.09. The molecule has 0 saturated heterocycles. The monoisotopic (exact) mass is 372 g/mol. The van der Waals surface area contributed by atoms with Crippen LogP contribution in [0.1, 0.15) is 22.0 Å². The second kappa shape index (κ2) is 7.10. The van der Waals surface area contributed by atoms with Crippen molar-refractivity contribution in [2.24, 2.45) is 0 Å². The molecule has 4 aromatic rings. The topological polar surface area (TPSA) is 34.0 Å². The molecule has 4 nitrogen and oxygen atoms in total. The molecule has 1 aliphatic rings. The Morgan fingerprint density at radius 3 is 2.67 bits per heavy atom. The van der Waals surface area contributed by atoms with Crippen molar-refractivity contribution in [3.8, 4) is 11.3 Å². The Kier molecular flexibility index (Phi) is 4.32. The van der Waals surface area contributed by atoms with Gasteiger partial charge in [0.2, 0.25) is 0 Å². The van der Waals surface area contributed by atoms with Gasteiger partial charge in [0.05, 0.1) is 18.4 Å². The highest BCUT2D eigenvalue weighted by molar-refractivity contribution is 7.10. The summed E-state index contributed by atoms with van der Waals surface area (Å²) in [5.41, 5.74) is 5.05. The smallest absolute Gasteiger partial charge is 0.0943 e. The van der Waals surface area contributed by atoms with Crippen LogP contribution in [0.3, 0.4) is 0 Å². The molecule has 1 unspecified atom stereocenters. The van der Waals surface area contributed by atoms with Crippen LogP contribution in [0.15, 0.2) is 78.6 Å². The van der Waals surface area contributed by atoms with Gasteiger partial charge in [-0.3, -0.25) is 14.6 Å². The van der Waals surface area contributed by atoms with Crippen LogP contribution < -0.4 is 0 Å². The number of hydrogen-bond donors (Lipinski definition) is 0. The van der Waals surface area contributed by atoms with Gasteiger partial charge in [-0.25, -0.2) is 0 Å². The fourth-order valence-corrected chi connectivity index (χ4v) is 4.84. The molecule has 1 aliphatic heterocycles. The van der Waals surface area contributed by atoms with E-state index in [1.807, 2.05) is 42.1 Å². The van der Waals surface area contributed by atoms with E-state index in [1.165, 1.54) is 16.0 Å². The van der Waals surface area contributed by atoms with Crippen LogP contribution in [-0.2, 0) is 13.1 Å². The Balaban J connectivity index is 1.51. The second-order valence-corrected chi connectivity index (χ2v) is 7.77. The van der Waals surface area contributed by atoms with E-state index in [1.54, 1.807) is 0 Å². The molecule has 0 radical (unpaired) electrons. The number of hydrogen-bond acceptors (Lipinski definition) is 4. The van der Waals surface area contributed by atoms with E-state index >= 15 is 0 Å². The van der Waals surface area contributed by atoms with E-state index in [0.717, 1.165) is 30.9 Å². The minimum absolute atomic E-state index is 0.274. The van der Waals surface area contributed by atoms with Gasteiger partial charge in [-0.2, -0.15) is 5.10 Å². The molecular formula is C22H20N4S. The van der Waals surface area contributed by atoms with Crippen LogP contribution >= 0.6 is 11.3 Å². The van der Waals surface area contributed by atoms with E-state index < -0.39 is 0 Å². The summed E-state index contributed by atoms with van der Waals surface area (Å²) < 4.78 is 2.10. The molecule has 0 spiro atoms. The Morgan fingerprint density at radius 2 is 1.81 bits per heavy atom. The van der Waals surface area contributed by atoms with E-state index in [0.29, 0.717) is 0 Å². The van der Waals surface area contributed by atoms with E-state index in [4.69, 9.17) is 0 Å². The van der Waals surface area contributed by atoms with Gasteiger partial charge in [0, 0.05) is 35.6 Å². The average molecular weight is 372 g/mol. The molecule has 0 saturated carbocycles. The molecule has 0 amide bonds. The molecule has 4 heterocycles. The maximum Gasteiger partial charge on any atom is 0.0943 e. The van der Waals surface area contributed by atoms with Crippen LogP contribution in [0, 0.1) is 0 Å². The maximum atomic E-state index is 4.62. The molecule has 0 aliphatic carbocycles. The molecule has 0 bridgehead atoms. The van der Waals surface area contributed by atoms with Crippen LogP contribution in [0.25, 0.3) is 11.3 Å². The Morgan fingerprint density at radius 1 is 0.963 bits per heavy atom. The van der Waals surface area contributed by atoms with Crippen LogP contribution in [-0.4, -0.2) is 26.2 Å². The lowest BCUT2D eigenvalue weighted by Gasteiger charge is -2.36.